The Morgan fingerprint density at radius 1 is 1.25 bits per heavy atom. The van der Waals surface area contributed by atoms with Crippen LogP contribution < -0.4 is 10.5 Å². The van der Waals surface area contributed by atoms with Crippen LogP contribution in [0.5, 0.6) is 0 Å². The van der Waals surface area contributed by atoms with Crippen molar-refractivity contribution >= 4 is 53.4 Å². The summed E-state index contributed by atoms with van der Waals surface area (Å²) in [6.45, 7) is 0. The fraction of sp³-hybridized carbons (Fsp3) is 0.250. The van der Waals surface area contributed by atoms with Crippen molar-refractivity contribution in [2.24, 2.45) is 0 Å². The number of hydrogen-bond donors (Lipinski definition) is 2. The third-order valence-electron chi connectivity index (χ3n) is 1.78. The Morgan fingerprint density at radius 3 is 2.06 bits per heavy atom. The summed E-state index contributed by atoms with van der Waals surface area (Å²) in [5.41, 5.74) is 6.56. The predicted octanol–water partition coefficient (Wildman–Crippen LogP) is 2.01. The first kappa shape index (κ1) is 13.8. The minimum atomic E-state index is -3.53. The fourth-order valence-corrected chi connectivity index (χ4v) is 3.25. The fourth-order valence-electron chi connectivity index (χ4n) is 0.911. The van der Waals surface area contributed by atoms with E-state index < -0.39 is 10.2 Å². The van der Waals surface area contributed by atoms with Gasteiger partial charge in [-0.25, -0.2) is 0 Å². The number of nitrogens with two attached hydrogens (primary N) is 1. The Kier molecular flexibility index (Phi) is 4.22. The van der Waals surface area contributed by atoms with Crippen molar-refractivity contribution in [2.75, 3.05) is 24.6 Å². The first-order valence-corrected chi connectivity index (χ1v) is 7.21. The van der Waals surface area contributed by atoms with E-state index in [1.165, 1.54) is 14.1 Å². The zero-order valence-electron chi connectivity index (χ0n) is 8.66. The van der Waals surface area contributed by atoms with Gasteiger partial charge in [0.25, 0.3) is 0 Å². The zero-order valence-corrected chi connectivity index (χ0v) is 12.6. The molecule has 0 saturated heterocycles. The lowest BCUT2D eigenvalue weighted by atomic mass is 10.3. The second-order valence-electron chi connectivity index (χ2n) is 3.25. The molecule has 3 N–H and O–H groups in total. The molecule has 1 aromatic rings. The van der Waals surface area contributed by atoms with E-state index >= 15 is 0 Å². The molecule has 0 spiro atoms. The van der Waals surface area contributed by atoms with Gasteiger partial charge >= 0.3 is 10.2 Å². The van der Waals surface area contributed by atoms with Gasteiger partial charge in [-0.15, -0.1) is 0 Å². The topological polar surface area (TPSA) is 75.4 Å². The lowest BCUT2D eigenvalue weighted by molar-refractivity contribution is 0.527. The van der Waals surface area contributed by atoms with Crippen molar-refractivity contribution in [1.29, 1.82) is 0 Å². The molecule has 0 aliphatic rings. The standard InChI is InChI=1S/C8H11Br2N3O2S/c1-13(2)16(14,15)12-8-6(9)3-5(11)4-7(8)10/h3-4,12H,11H2,1-2H3. The van der Waals surface area contributed by atoms with Crippen molar-refractivity contribution in [2.45, 2.75) is 0 Å². The molecule has 0 amide bonds. The highest BCUT2D eigenvalue weighted by molar-refractivity contribution is 9.11. The molecule has 5 nitrogen and oxygen atoms in total. The number of nitrogen functional groups attached to an aromatic ring is 1. The van der Waals surface area contributed by atoms with Gasteiger partial charge in [0.2, 0.25) is 0 Å². The molecule has 0 aromatic heterocycles. The number of hydrogen-bond acceptors (Lipinski definition) is 3. The summed E-state index contributed by atoms with van der Waals surface area (Å²) >= 11 is 6.49. The summed E-state index contributed by atoms with van der Waals surface area (Å²) in [5, 5.41) is 0. The Bertz CT molecular complexity index is 479. The minimum Gasteiger partial charge on any atom is -0.399 e. The molecule has 0 aliphatic heterocycles. The molecule has 90 valence electrons. The number of rotatable bonds is 3. The first-order valence-electron chi connectivity index (χ1n) is 4.19. The molecular formula is C8H11Br2N3O2S. The number of nitrogens with zero attached hydrogens (tertiary/aromatic N) is 1. The van der Waals surface area contributed by atoms with E-state index in [0.717, 1.165) is 4.31 Å². The molecule has 1 aromatic carbocycles. The molecule has 0 aliphatic carbocycles. The van der Waals surface area contributed by atoms with Crippen LogP contribution >= 0.6 is 31.9 Å². The molecule has 0 unspecified atom stereocenters. The maximum absolute atomic E-state index is 11.6. The Hall–Kier alpha value is -0.310. The number of nitrogens with one attached hydrogen (secondary N) is 1. The van der Waals surface area contributed by atoms with Crippen LogP contribution in [0.1, 0.15) is 0 Å². The normalized spacial score (nSPS) is 11.8. The lowest BCUT2D eigenvalue weighted by Crippen LogP contribution is -2.29. The van der Waals surface area contributed by atoms with Crippen LogP contribution in [0.3, 0.4) is 0 Å². The summed E-state index contributed by atoms with van der Waals surface area (Å²) in [4.78, 5) is 0. The van der Waals surface area contributed by atoms with Gasteiger partial charge < -0.3 is 5.73 Å². The van der Waals surface area contributed by atoms with Gasteiger partial charge in [-0.3, -0.25) is 4.72 Å². The van der Waals surface area contributed by atoms with E-state index in [1.807, 2.05) is 0 Å². The quantitative estimate of drug-likeness (QED) is 0.797. The number of anilines is 2. The van der Waals surface area contributed by atoms with E-state index in [0.29, 0.717) is 20.3 Å². The molecule has 0 fully saturated rings. The van der Waals surface area contributed by atoms with Crippen molar-refractivity contribution in [1.82, 2.24) is 4.31 Å². The van der Waals surface area contributed by atoms with E-state index in [1.54, 1.807) is 12.1 Å². The highest BCUT2D eigenvalue weighted by Crippen LogP contribution is 2.34. The van der Waals surface area contributed by atoms with E-state index in [4.69, 9.17) is 5.73 Å². The SMILES string of the molecule is CN(C)S(=O)(=O)Nc1c(Br)cc(N)cc1Br. The van der Waals surface area contributed by atoms with Gasteiger partial charge in [-0.2, -0.15) is 12.7 Å². The average molecular weight is 373 g/mol. The molecule has 8 heteroatoms. The summed E-state index contributed by atoms with van der Waals surface area (Å²) < 4.78 is 27.9. The van der Waals surface area contributed by atoms with Gasteiger partial charge in [0.1, 0.15) is 0 Å². The maximum atomic E-state index is 11.6. The van der Waals surface area contributed by atoms with Gasteiger partial charge in [-0.05, 0) is 44.0 Å². The van der Waals surface area contributed by atoms with Crippen LogP contribution in [0.25, 0.3) is 0 Å². The highest BCUT2D eigenvalue weighted by Gasteiger charge is 2.17. The summed E-state index contributed by atoms with van der Waals surface area (Å²) in [6.07, 6.45) is 0. The highest BCUT2D eigenvalue weighted by atomic mass is 79.9. The predicted molar refractivity (Wildman–Crippen MR) is 72.5 cm³/mol. The summed E-state index contributed by atoms with van der Waals surface area (Å²) in [6, 6.07) is 3.25. The zero-order chi connectivity index (χ0) is 12.5. The molecule has 0 heterocycles. The van der Waals surface area contributed by atoms with Gasteiger partial charge in [0.05, 0.1) is 5.69 Å². The first-order chi connectivity index (χ1) is 7.24. The largest absolute Gasteiger partial charge is 0.399 e. The molecule has 16 heavy (non-hydrogen) atoms. The van der Waals surface area contributed by atoms with E-state index in [2.05, 4.69) is 36.6 Å². The smallest absolute Gasteiger partial charge is 0.301 e. The van der Waals surface area contributed by atoms with Crippen LogP contribution in [-0.4, -0.2) is 26.8 Å². The molecule has 1 rings (SSSR count). The van der Waals surface area contributed by atoms with Crippen molar-refractivity contribution < 1.29 is 8.42 Å². The molecule has 0 radical (unpaired) electrons. The second kappa shape index (κ2) is 4.91. The minimum absolute atomic E-state index is 0.419. The van der Waals surface area contributed by atoms with Gasteiger partial charge in [0.15, 0.2) is 0 Å². The third kappa shape index (κ3) is 3.09. The maximum Gasteiger partial charge on any atom is 0.301 e. The van der Waals surface area contributed by atoms with Crippen molar-refractivity contribution in [3.8, 4) is 0 Å². The summed E-state index contributed by atoms with van der Waals surface area (Å²) in [7, 11) is -0.635. The van der Waals surface area contributed by atoms with Crippen molar-refractivity contribution in [3.63, 3.8) is 0 Å². The van der Waals surface area contributed by atoms with E-state index in [9.17, 15) is 8.42 Å². The van der Waals surface area contributed by atoms with Crippen LogP contribution in [0.15, 0.2) is 21.1 Å². The van der Waals surface area contributed by atoms with Crippen LogP contribution in [-0.2, 0) is 10.2 Å². The average Bonchev–Trinajstić information content (AvgIpc) is 2.11. The molecule has 0 saturated carbocycles. The molecular weight excluding hydrogens is 362 g/mol. The van der Waals surface area contributed by atoms with Crippen LogP contribution in [0.2, 0.25) is 0 Å². The lowest BCUT2D eigenvalue weighted by Gasteiger charge is -2.16. The second-order valence-corrected chi connectivity index (χ2v) is 6.84. The third-order valence-corrected chi connectivity index (χ3v) is 4.45. The van der Waals surface area contributed by atoms with E-state index in [-0.39, 0.29) is 0 Å². The summed E-state index contributed by atoms with van der Waals surface area (Å²) in [5.74, 6) is 0. The van der Waals surface area contributed by atoms with Crippen molar-refractivity contribution in [3.05, 3.63) is 21.1 Å². The van der Waals surface area contributed by atoms with Gasteiger partial charge in [-0.1, -0.05) is 0 Å². The Labute approximate surface area is 111 Å². The van der Waals surface area contributed by atoms with Crippen LogP contribution in [0.4, 0.5) is 11.4 Å². The van der Waals surface area contributed by atoms with Crippen LogP contribution in [0, 0.1) is 0 Å². The molecule has 0 bridgehead atoms. The molecule has 0 atom stereocenters. The number of benzene rings is 1. The van der Waals surface area contributed by atoms with Gasteiger partial charge in [0, 0.05) is 28.7 Å². The Balaban J connectivity index is 3.17. The Morgan fingerprint density at radius 2 is 1.69 bits per heavy atom. The monoisotopic (exact) mass is 371 g/mol. The number of halogens is 2.